The first-order valence-corrected chi connectivity index (χ1v) is 6.08. The lowest BCUT2D eigenvalue weighted by Gasteiger charge is -2.37. The molecule has 1 aromatic carbocycles. The van der Waals surface area contributed by atoms with E-state index in [1.807, 2.05) is 49.9 Å². The molecule has 1 saturated heterocycles. The van der Waals surface area contributed by atoms with Gasteiger partial charge in [-0.15, -0.1) is 0 Å². The number of hydrogen-bond donors (Lipinski definition) is 0. The normalized spacial score (nSPS) is 24.8. The molecule has 0 radical (unpaired) electrons. The second kappa shape index (κ2) is 4.88. The fraction of sp³-hybridized carbons (Fsp3) is 0.500. The summed E-state index contributed by atoms with van der Waals surface area (Å²) >= 11 is 0. The standard InChI is InChI=1S/C14H19NO2/c1-10-6-4-5-7-13(10)14(16)15-8-12(3)17-9-11(15)2/h4-7,11-12H,8-9H2,1-3H3/t11-,12+/m0/s1. The van der Waals surface area contributed by atoms with E-state index in [0.717, 1.165) is 11.1 Å². The van der Waals surface area contributed by atoms with Gasteiger partial charge in [0.05, 0.1) is 18.8 Å². The van der Waals surface area contributed by atoms with Crippen LogP contribution < -0.4 is 0 Å². The van der Waals surface area contributed by atoms with E-state index in [1.54, 1.807) is 0 Å². The number of morpholine rings is 1. The van der Waals surface area contributed by atoms with Crippen molar-refractivity contribution in [1.29, 1.82) is 0 Å². The molecule has 1 fully saturated rings. The molecule has 2 rings (SSSR count). The summed E-state index contributed by atoms with van der Waals surface area (Å²) in [7, 11) is 0. The van der Waals surface area contributed by atoms with E-state index in [1.165, 1.54) is 0 Å². The van der Waals surface area contributed by atoms with Gasteiger partial charge >= 0.3 is 0 Å². The Morgan fingerprint density at radius 3 is 2.76 bits per heavy atom. The molecule has 0 saturated carbocycles. The molecular weight excluding hydrogens is 214 g/mol. The Kier molecular flexibility index (Phi) is 3.48. The molecule has 1 aliphatic rings. The second-order valence-electron chi connectivity index (χ2n) is 4.77. The van der Waals surface area contributed by atoms with Crippen LogP contribution in [0.3, 0.4) is 0 Å². The summed E-state index contributed by atoms with van der Waals surface area (Å²) in [6, 6.07) is 7.89. The highest BCUT2D eigenvalue weighted by Gasteiger charge is 2.28. The third-order valence-electron chi connectivity index (χ3n) is 3.24. The SMILES string of the molecule is Cc1ccccc1C(=O)N1C[C@@H](C)OC[C@@H]1C. The van der Waals surface area contributed by atoms with Crippen molar-refractivity contribution < 1.29 is 9.53 Å². The van der Waals surface area contributed by atoms with Crippen molar-refractivity contribution in [3.63, 3.8) is 0 Å². The van der Waals surface area contributed by atoms with Crippen LogP contribution in [0.25, 0.3) is 0 Å². The fourth-order valence-electron chi connectivity index (χ4n) is 2.15. The van der Waals surface area contributed by atoms with Gasteiger partial charge in [0.15, 0.2) is 0 Å². The monoisotopic (exact) mass is 233 g/mol. The average Bonchev–Trinajstić information content (AvgIpc) is 2.32. The van der Waals surface area contributed by atoms with Crippen molar-refractivity contribution in [2.75, 3.05) is 13.2 Å². The Balaban J connectivity index is 2.22. The predicted octanol–water partition coefficient (Wildman–Crippen LogP) is 2.24. The number of nitrogens with zero attached hydrogens (tertiary/aromatic N) is 1. The number of hydrogen-bond acceptors (Lipinski definition) is 2. The van der Waals surface area contributed by atoms with E-state index < -0.39 is 0 Å². The largest absolute Gasteiger partial charge is 0.375 e. The lowest BCUT2D eigenvalue weighted by Crippen LogP contribution is -2.50. The Labute approximate surface area is 102 Å². The van der Waals surface area contributed by atoms with Gasteiger partial charge in [-0.1, -0.05) is 18.2 Å². The first-order chi connectivity index (χ1) is 8.09. The third kappa shape index (κ3) is 2.50. The van der Waals surface area contributed by atoms with Crippen LogP contribution in [-0.2, 0) is 4.74 Å². The van der Waals surface area contributed by atoms with Gasteiger partial charge in [0.2, 0.25) is 0 Å². The molecule has 1 aliphatic heterocycles. The van der Waals surface area contributed by atoms with Crippen LogP contribution in [-0.4, -0.2) is 36.1 Å². The zero-order valence-electron chi connectivity index (χ0n) is 10.6. The summed E-state index contributed by atoms with van der Waals surface area (Å²) in [5, 5.41) is 0. The number of amides is 1. The van der Waals surface area contributed by atoms with Crippen LogP contribution in [0.4, 0.5) is 0 Å². The van der Waals surface area contributed by atoms with Gasteiger partial charge < -0.3 is 9.64 Å². The predicted molar refractivity (Wildman–Crippen MR) is 67.1 cm³/mol. The van der Waals surface area contributed by atoms with Gasteiger partial charge in [-0.2, -0.15) is 0 Å². The molecule has 1 aromatic rings. The lowest BCUT2D eigenvalue weighted by atomic mass is 10.1. The van der Waals surface area contributed by atoms with Gasteiger partial charge in [-0.05, 0) is 32.4 Å². The lowest BCUT2D eigenvalue weighted by molar-refractivity contribution is -0.0387. The van der Waals surface area contributed by atoms with E-state index >= 15 is 0 Å². The van der Waals surface area contributed by atoms with E-state index in [-0.39, 0.29) is 18.1 Å². The molecule has 1 amide bonds. The molecule has 0 spiro atoms. The van der Waals surface area contributed by atoms with E-state index in [0.29, 0.717) is 13.2 Å². The highest BCUT2D eigenvalue weighted by Crippen LogP contribution is 2.17. The first kappa shape index (κ1) is 12.1. The van der Waals surface area contributed by atoms with Gasteiger partial charge in [0.1, 0.15) is 0 Å². The van der Waals surface area contributed by atoms with Gasteiger partial charge in [0.25, 0.3) is 5.91 Å². The Morgan fingerprint density at radius 2 is 2.06 bits per heavy atom. The molecule has 0 aromatic heterocycles. The summed E-state index contributed by atoms with van der Waals surface area (Å²) < 4.78 is 5.54. The maximum Gasteiger partial charge on any atom is 0.254 e. The van der Waals surface area contributed by atoms with E-state index in [4.69, 9.17) is 4.74 Å². The summed E-state index contributed by atoms with van der Waals surface area (Å²) in [6.45, 7) is 7.31. The Bertz CT molecular complexity index is 416. The summed E-state index contributed by atoms with van der Waals surface area (Å²) in [5.41, 5.74) is 1.83. The van der Waals surface area contributed by atoms with Crippen molar-refractivity contribution in [3.8, 4) is 0 Å². The molecule has 2 atom stereocenters. The zero-order valence-corrected chi connectivity index (χ0v) is 10.6. The number of aryl methyl sites for hydroxylation is 1. The maximum absolute atomic E-state index is 12.4. The van der Waals surface area contributed by atoms with Crippen LogP contribution in [0, 0.1) is 6.92 Å². The molecule has 0 unspecified atom stereocenters. The van der Waals surface area contributed by atoms with E-state index in [2.05, 4.69) is 0 Å². The van der Waals surface area contributed by atoms with Gasteiger partial charge in [-0.3, -0.25) is 4.79 Å². The minimum absolute atomic E-state index is 0.116. The van der Waals surface area contributed by atoms with Crippen LogP contribution in [0.2, 0.25) is 0 Å². The van der Waals surface area contributed by atoms with Crippen LogP contribution >= 0.6 is 0 Å². The molecule has 0 bridgehead atoms. The Morgan fingerprint density at radius 1 is 1.35 bits per heavy atom. The zero-order chi connectivity index (χ0) is 12.4. The summed E-state index contributed by atoms with van der Waals surface area (Å²) in [4.78, 5) is 14.4. The fourth-order valence-corrected chi connectivity index (χ4v) is 2.15. The maximum atomic E-state index is 12.4. The average molecular weight is 233 g/mol. The Hall–Kier alpha value is -1.35. The number of carbonyl (C=O) groups is 1. The smallest absolute Gasteiger partial charge is 0.254 e. The summed E-state index contributed by atoms with van der Waals surface area (Å²) in [6.07, 6.45) is 0.124. The van der Waals surface area contributed by atoms with Gasteiger partial charge in [0, 0.05) is 12.1 Å². The van der Waals surface area contributed by atoms with Crippen molar-refractivity contribution in [3.05, 3.63) is 35.4 Å². The molecule has 0 N–H and O–H groups in total. The second-order valence-corrected chi connectivity index (χ2v) is 4.77. The van der Waals surface area contributed by atoms with Crippen molar-refractivity contribution in [2.45, 2.75) is 32.9 Å². The highest BCUT2D eigenvalue weighted by molar-refractivity contribution is 5.95. The molecule has 3 heteroatoms. The van der Waals surface area contributed by atoms with Crippen LogP contribution in [0.15, 0.2) is 24.3 Å². The first-order valence-electron chi connectivity index (χ1n) is 6.08. The molecular formula is C14H19NO2. The number of rotatable bonds is 1. The molecule has 17 heavy (non-hydrogen) atoms. The molecule has 92 valence electrons. The molecule has 0 aliphatic carbocycles. The van der Waals surface area contributed by atoms with Crippen molar-refractivity contribution in [1.82, 2.24) is 4.90 Å². The minimum atomic E-state index is 0.116. The third-order valence-corrected chi connectivity index (χ3v) is 3.24. The van der Waals surface area contributed by atoms with Crippen LogP contribution in [0.5, 0.6) is 0 Å². The number of benzene rings is 1. The number of ether oxygens (including phenoxy) is 1. The quantitative estimate of drug-likeness (QED) is 0.744. The van der Waals surface area contributed by atoms with Gasteiger partial charge in [-0.25, -0.2) is 0 Å². The van der Waals surface area contributed by atoms with E-state index in [9.17, 15) is 4.79 Å². The van der Waals surface area contributed by atoms with Crippen molar-refractivity contribution in [2.24, 2.45) is 0 Å². The van der Waals surface area contributed by atoms with Crippen LogP contribution in [0.1, 0.15) is 29.8 Å². The summed E-state index contributed by atoms with van der Waals surface area (Å²) in [5.74, 6) is 0.116. The number of carbonyl (C=O) groups excluding carboxylic acids is 1. The topological polar surface area (TPSA) is 29.5 Å². The minimum Gasteiger partial charge on any atom is -0.375 e. The van der Waals surface area contributed by atoms with Crippen molar-refractivity contribution >= 4 is 5.91 Å². The molecule has 1 heterocycles. The highest BCUT2D eigenvalue weighted by atomic mass is 16.5. The molecule has 3 nitrogen and oxygen atoms in total.